The van der Waals surface area contributed by atoms with Crippen molar-refractivity contribution in [2.45, 2.75) is 19.9 Å². The minimum Gasteiger partial charge on any atom is -0.343 e. The van der Waals surface area contributed by atoms with E-state index in [1.54, 1.807) is 23.6 Å². The summed E-state index contributed by atoms with van der Waals surface area (Å²) in [6.07, 6.45) is 4.98. The van der Waals surface area contributed by atoms with Gasteiger partial charge in [-0.25, -0.2) is 9.97 Å². The highest BCUT2D eigenvalue weighted by Gasteiger charge is 2.12. The summed E-state index contributed by atoms with van der Waals surface area (Å²) < 4.78 is 0. The Hall–Kier alpha value is -2.73. The first-order chi connectivity index (χ1) is 11.6. The molecular weight excluding hydrogens is 320 g/mol. The van der Waals surface area contributed by atoms with E-state index in [1.165, 1.54) is 6.08 Å². The van der Waals surface area contributed by atoms with Crippen LogP contribution in [0, 0.1) is 6.92 Å². The van der Waals surface area contributed by atoms with E-state index in [-0.39, 0.29) is 11.9 Å². The standard InChI is InChI=1S/C18H18N4OS/c1-12(20-17(23)9-8-15-11-24-13(2)21-15)18-19-10-16(22-18)14-6-4-3-5-7-14/h3-12H,1-2H3,(H,19,22)(H,20,23)/b9-8+/t12-/m0/s1. The monoisotopic (exact) mass is 338 g/mol. The summed E-state index contributed by atoms with van der Waals surface area (Å²) in [5, 5.41) is 5.79. The van der Waals surface area contributed by atoms with Gasteiger partial charge in [0.1, 0.15) is 5.82 Å². The first-order valence-electron chi connectivity index (χ1n) is 7.63. The van der Waals surface area contributed by atoms with E-state index >= 15 is 0 Å². The molecule has 0 saturated heterocycles. The molecule has 0 saturated carbocycles. The summed E-state index contributed by atoms with van der Waals surface area (Å²) in [5.74, 6) is 0.547. The Balaban J connectivity index is 1.62. The number of thiazole rings is 1. The summed E-state index contributed by atoms with van der Waals surface area (Å²) in [6, 6.07) is 9.74. The molecule has 3 rings (SSSR count). The zero-order valence-electron chi connectivity index (χ0n) is 13.5. The molecule has 5 nitrogen and oxygen atoms in total. The number of nitrogens with zero attached hydrogens (tertiary/aromatic N) is 2. The second-order valence-electron chi connectivity index (χ2n) is 5.40. The van der Waals surface area contributed by atoms with Crippen molar-refractivity contribution in [1.82, 2.24) is 20.3 Å². The number of H-pyrrole nitrogens is 1. The van der Waals surface area contributed by atoms with Crippen molar-refractivity contribution in [3.05, 3.63) is 64.5 Å². The number of aromatic nitrogens is 3. The topological polar surface area (TPSA) is 70.7 Å². The van der Waals surface area contributed by atoms with Crippen LogP contribution in [0.15, 0.2) is 48.0 Å². The molecule has 0 aliphatic rings. The molecular formula is C18H18N4OS. The second-order valence-corrected chi connectivity index (χ2v) is 6.47. The lowest BCUT2D eigenvalue weighted by atomic mass is 10.2. The van der Waals surface area contributed by atoms with Crippen LogP contribution in [0.25, 0.3) is 17.3 Å². The van der Waals surface area contributed by atoms with Crippen molar-refractivity contribution in [1.29, 1.82) is 0 Å². The molecule has 3 aromatic rings. The van der Waals surface area contributed by atoms with Gasteiger partial charge in [-0.1, -0.05) is 30.3 Å². The summed E-state index contributed by atoms with van der Waals surface area (Å²) in [7, 11) is 0. The number of carbonyl (C=O) groups excluding carboxylic acids is 1. The van der Waals surface area contributed by atoms with Crippen molar-refractivity contribution in [2.24, 2.45) is 0 Å². The highest BCUT2D eigenvalue weighted by atomic mass is 32.1. The molecule has 0 aliphatic heterocycles. The lowest BCUT2D eigenvalue weighted by molar-refractivity contribution is -0.117. The Morgan fingerprint density at radius 2 is 2.12 bits per heavy atom. The molecule has 0 bridgehead atoms. The van der Waals surface area contributed by atoms with E-state index in [9.17, 15) is 4.79 Å². The van der Waals surface area contributed by atoms with Crippen LogP contribution in [-0.2, 0) is 4.79 Å². The van der Waals surface area contributed by atoms with E-state index in [0.717, 1.165) is 27.8 Å². The quantitative estimate of drug-likeness (QED) is 0.696. The van der Waals surface area contributed by atoms with Crippen molar-refractivity contribution < 1.29 is 4.79 Å². The van der Waals surface area contributed by atoms with Gasteiger partial charge in [-0.3, -0.25) is 4.79 Å². The van der Waals surface area contributed by atoms with Gasteiger partial charge in [0.05, 0.1) is 28.6 Å². The number of carbonyl (C=O) groups is 1. The highest BCUT2D eigenvalue weighted by molar-refractivity contribution is 7.09. The molecule has 1 atom stereocenters. The molecule has 2 heterocycles. The molecule has 0 radical (unpaired) electrons. The normalized spacial score (nSPS) is 12.4. The van der Waals surface area contributed by atoms with Crippen LogP contribution in [0.1, 0.15) is 29.5 Å². The first kappa shape index (κ1) is 16.1. The Morgan fingerprint density at radius 3 is 2.83 bits per heavy atom. The molecule has 1 aromatic carbocycles. The van der Waals surface area contributed by atoms with Gasteiger partial charge in [0.2, 0.25) is 5.91 Å². The average molecular weight is 338 g/mol. The third-order valence-electron chi connectivity index (χ3n) is 3.49. The number of rotatable bonds is 5. The average Bonchev–Trinajstić information content (AvgIpc) is 3.23. The lowest BCUT2D eigenvalue weighted by Gasteiger charge is -2.09. The number of aromatic amines is 1. The van der Waals surface area contributed by atoms with Crippen molar-refractivity contribution >= 4 is 23.3 Å². The van der Waals surface area contributed by atoms with E-state index in [2.05, 4.69) is 20.3 Å². The Kier molecular flexibility index (Phi) is 4.86. The Morgan fingerprint density at radius 1 is 1.33 bits per heavy atom. The molecule has 0 aliphatic carbocycles. The highest BCUT2D eigenvalue weighted by Crippen LogP contribution is 2.18. The van der Waals surface area contributed by atoms with E-state index < -0.39 is 0 Å². The number of aryl methyl sites for hydroxylation is 1. The maximum absolute atomic E-state index is 12.0. The first-order valence-corrected chi connectivity index (χ1v) is 8.51. The van der Waals surface area contributed by atoms with Gasteiger partial charge in [0, 0.05) is 11.5 Å². The summed E-state index contributed by atoms with van der Waals surface area (Å²) >= 11 is 1.56. The largest absolute Gasteiger partial charge is 0.343 e. The van der Waals surface area contributed by atoms with E-state index in [0.29, 0.717) is 0 Å². The Labute approximate surface area is 144 Å². The second kappa shape index (κ2) is 7.23. The number of imidazole rings is 1. The molecule has 2 N–H and O–H groups in total. The third kappa shape index (κ3) is 3.97. The summed E-state index contributed by atoms with van der Waals surface area (Å²) in [5.41, 5.74) is 2.79. The van der Waals surface area contributed by atoms with Gasteiger partial charge in [0.25, 0.3) is 0 Å². The predicted molar refractivity (Wildman–Crippen MR) is 96.5 cm³/mol. The molecule has 122 valence electrons. The van der Waals surface area contributed by atoms with Crippen LogP contribution in [0.4, 0.5) is 0 Å². The van der Waals surface area contributed by atoms with Crippen molar-refractivity contribution in [3.63, 3.8) is 0 Å². The van der Waals surface area contributed by atoms with Crippen LogP contribution in [0.2, 0.25) is 0 Å². The summed E-state index contributed by atoms with van der Waals surface area (Å²) in [4.78, 5) is 23.9. The smallest absolute Gasteiger partial charge is 0.244 e. The Bertz CT molecular complexity index is 851. The van der Waals surface area contributed by atoms with Gasteiger partial charge in [0.15, 0.2) is 0 Å². The van der Waals surface area contributed by atoms with Gasteiger partial charge in [-0.05, 0) is 25.5 Å². The number of amides is 1. The van der Waals surface area contributed by atoms with E-state index in [4.69, 9.17) is 0 Å². The molecule has 0 fully saturated rings. The number of hydrogen-bond donors (Lipinski definition) is 2. The van der Waals surface area contributed by atoms with Crippen LogP contribution in [0.3, 0.4) is 0 Å². The number of benzene rings is 1. The summed E-state index contributed by atoms with van der Waals surface area (Å²) in [6.45, 7) is 3.83. The van der Waals surface area contributed by atoms with Crippen molar-refractivity contribution in [3.8, 4) is 11.3 Å². The van der Waals surface area contributed by atoms with Gasteiger partial charge in [-0.2, -0.15) is 0 Å². The number of hydrogen-bond acceptors (Lipinski definition) is 4. The maximum atomic E-state index is 12.0. The zero-order chi connectivity index (χ0) is 16.9. The minimum atomic E-state index is -0.211. The maximum Gasteiger partial charge on any atom is 0.244 e. The van der Waals surface area contributed by atoms with Crippen LogP contribution >= 0.6 is 11.3 Å². The zero-order valence-corrected chi connectivity index (χ0v) is 14.3. The fourth-order valence-corrected chi connectivity index (χ4v) is 2.85. The molecule has 24 heavy (non-hydrogen) atoms. The lowest BCUT2D eigenvalue weighted by Crippen LogP contribution is -2.25. The predicted octanol–water partition coefficient (Wildman–Crippen LogP) is 3.73. The van der Waals surface area contributed by atoms with Crippen LogP contribution in [0.5, 0.6) is 0 Å². The molecule has 0 unspecified atom stereocenters. The van der Waals surface area contributed by atoms with Crippen LogP contribution in [-0.4, -0.2) is 20.9 Å². The van der Waals surface area contributed by atoms with Gasteiger partial charge < -0.3 is 10.3 Å². The third-order valence-corrected chi connectivity index (χ3v) is 4.28. The number of nitrogens with one attached hydrogen (secondary N) is 2. The van der Waals surface area contributed by atoms with Gasteiger partial charge in [-0.15, -0.1) is 11.3 Å². The van der Waals surface area contributed by atoms with Crippen molar-refractivity contribution in [2.75, 3.05) is 0 Å². The van der Waals surface area contributed by atoms with Gasteiger partial charge >= 0.3 is 0 Å². The van der Waals surface area contributed by atoms with Crippen LogP contribution < -0.4 is 5.32 Å². The molecule has 1 amide bonds. The minimum absolute atomic E-state index is 0.175. The fourth-order valence-electron chi connectivity index (χ4n) is 2.27. The SMILES string of the molecule is Cc1nc(/C=C/C(=O)N[C@@H](C)c2ncc(-c3ccccc3)[nH]2)cs1. The molecule has 0 spiro atoms. The molecule has 2 aromatic heterocycles. The van der Waals surface area contributed by atoms with E-state index in [1.807, 2.05) is 49.6 Å². The molecule has 6 heteroatoms. The fraction of sp³-hybridized carbons (Fsp3) is 0.167.